The highest BCUT2D eigenvalue weighted by Crippen LogP contribution is 2.47. The third-order valence-corrected chi connectivity index (χ3v) is 5.90. The lowest BCUT2D eigenvalue weighted by molar-refractivity contribution is -0.120. The van der Waals surface area contributed by atoms with Crippen LogP contribution in [0.5, 0.6) is 0 Å². The summed E-state index contributed by atoms with van der Waals surface area (Å²) < 4.78 is 19.5. The van der Waals surface area contributed by atoms with Crippen LogP contribution in [0, 0.1) is 0 Å². The van der Waals surface area contributed by atoms with Crippen LogP contribution < -0.4 is 10.6 Å². The van der Waals surface area contributed by atoms with Gasteiger partial charge in [0.15, 0.2) is 0 Å². The van der Waals surface area contributed by atoms with E-state index in [0.29, 0.717) is 0 Å². The number of carbonyl (C=O) groups excluding carboxylic acids is 2. The standard InChI is InChI=1S/C7H18N2O4P2S/c1-4(10)9-7(15)16(12,13)3-5(14)6(11)8-2/h5,7,12-13H,3,14-15H2,1-2H3,(H,8,11)(H,9,10)/t5?,7-/m0/s1. The molecule has 0 saturated heterocycles. The van der Waals surface area contributed by atoms with Gasteiger partial charge in [-0.15, -0.1) is 9.24 Å². The maximum Gasteiger partial charge on any atom is 0.228 e. The molecule has 6 nitrogen and oxygen atoms in total. The minimum atomic E-state index is -3.06. The van der Waals surface area contributed by atoms with Gasteiger partial charge >= 0.3 is 0 Å². The van der Waals surface area contributed by atoms with E-state index in [1.54, 1.807) is 0 Å². The number of hydrogen-bond donors (Lipinski definition) is 4. The summed E-state index contributed by atoms with van der Waals surface area (Å²) in [5.41, 5.74) is -0.605. The Hall–Kier alpha value is 0.0700. The van der Waals surface area contributed by atoms with E-state index >= 15 is 0 Å². The number of rotatable bonds is 5. The summed E-state index contributed by atoms with van der Waals surface area (Å²) in [6.45, 7) is 1.28. The van der Waals surface area contributed by atoms with Crippen molar-refractivity contribution in [3.05, 3.63) is 0 Å². The van der Waals surface area contributed by atoms with Gasteiger partial charge in [-0.2, -0.15) is 10.6 Å². The van der Waals surface area contributed by atoms with E-state index in [2.05, 4.69) is 29.1 Å². The molecule has 0 rings (SSSR count). The van der Waals surface area contributed by atoms with Crippen LogP contribution in [-0.4, -0.2) is 44.5 Å². The maximum absolute atomic E-state index is 11.2. The summed E-state index contributed by atoms with van der Waals surface area (Å²) in [6.07, 6.45) is 0. The monoisotopic (exact) mass is 288 g/mol. The van der Waals surface area contributed by atoms with Crippen LogP contribution in [0.4, 0.5) is 0 Å². The highest BCUT2D eigenvalue weighted by molar-refractivity contribution is 8.27. The average Bonchev–Trinajstić information content (AvgIpc) is 2.14. The average molecular weight is 288 g/mol. The van der Waals surface area contributed by atoms with Crippen molar-refractivity contribution in [1.29, 1.82) is 0 Å². The first-order chi connectivity index (χ1) is 7.20. The zero-order valence-corrected chi connectivity index (χ0v) is 12.3. The molecule has 0 aliphatic rings. The van der Waals surface area contributed by atoms with Crippen molar-refractivity contribution in [2.24, 2.45) is 0 Å². The fourth-order valence-electron chi connectivity index (χ4n) is 0.924. The Balaban J connectivity index is 4.43. The molecule has 96 valence electrons. The molecule has 4 atom stereocenters. The summed E-state index contributed by atoms with van der Waals surface area (Å²) in [7, 11) is 2.80. The van der Waals surface area contributed by atoms with Gasteiger partial charge in [0.1, 0.15) is 5.11 Å². The van der Waals surface area contributed by atoms with Crippen molar-refractivity contribution in [3.8, 4) is 0 Å². The number of amides is 2. The summed E-state index contributed by atoms with van der Waals surface area (Å²) in [5, 5.41) is 3.92. The van der Waals surface area contributed by atoms with E-state index in [1.807, 2.05) is 0 Å². The minimum absolute atomic E-state index is 0.119. The minimum Gasteiger partial charge on any atom is -0.359 e. The van der Waals surface area contributed by atoms with Gasteiger partial charge in [-0.25, -0.2) is 0 Å². The van der Waals surface area contributed by atoms with E-state index in [4.69, 9.17) is 0 Å². The molecule has 9 heteroatoms. The van der Waals surface area contributed by atoms with E-state index in [0.717, 1.165) is 0 Å². The molecule has 0 radical (unpaired) electrons. The topological polar surface area (TPSA) is 98.7 Å². The molecule has 0 saturated carbocycles. The lowest BCUT2D eigenvalue weighted by atomic mass is 10.4. The zero-order valence-electron chi connectivity index (χ0n) is 9.14. The van der Waals surface area contributed by atoms with Crippen molar-refractivity contribution < 1.29 is 18.7 Å². The number of carbonyl (C=O) groups is 2. The fraction of sp³-hybridized carbons (Fsp3) is 0.714. The van der Waals surface area contributed by atoms with Gasteiger partial charge < -0.3 is 10.6 Å². The molecular formula is C7H18N2O4P2S. The second-order valence-electron chi connectivity index (χ2n) is 3.23. The van der Waals surface area contributed by atoms with Crippen LogP contribution in [-0.2, 0) is 9.59 Å². The van der Waals surface area contributed by atoms with Gasteiger partial charge in [0.05, 0.1) is 11.4 Å². The Kier molecular flexibility index (Phi) is 6.75. The molecule has 0 fully saturated rings. The van der Waals surface area contributed by atoms with Crippen molar-refractivity contribution >= 4 is 40.9 Å². The predicted molar refractivity (Wildman–Crippen MR) is 72.6 cm³/mol. The fourth-order valence-corrected chi connectivity index (χ4v) is 3.75. The number of hydrogen-bond acceptors (Lipinski definition) is 4. The molecule has 0 aliphatic carbocycles. The summed E-state index contributed by atoms with van der Waals surface area (Å²) in [5.74, 6) is -0.781. The van der Waals surface area contributed by atoms with E-state index in [1.165, 1.54) is 14.0 Å². The van der Waals surface area contributed by atoms with Crippen LogP contribution in [0.1, 0.15) is 6.92 Å². The molecule has 2 amide bonds. The van der Waals surface area contributed by atoms with Crippen LogP contribution in [0.3, 0.4) is 0 Å². The smallest absolute Gasteiger partial charge is 0.228 e. The Labute approximate surface area is 101 Å². The van der Waals surface area contributed by atoms with Gasteiger partial charge in [-0.1, -0.05) is 9.24 Å². The molecular weight excluding hydrogens is 270 g/mol. The third kappa shape index (κ3) is 5.41. The number of nitrogens with one attached hydrogen (secondary N) is 2. The summed E-state index contributed by atoms with van der Waals surface area (Å²) in [4.78, 5) is 22.0. The SMILES string of the molecule is CNC(=O)C(P)CS(O)(O)[C@H](P)NC(C)=O. The molecule has 0 aromatic heterocycles. The van der Waals surface area contributed by atoms with Gasteiger partial charge in [-0.05, 0) is 0 Å². The Morgan fingerprint density at radius 1 is 1.38 bits per heavy atom. The molecule has 16 heavy (non-hydrogen) atoms. The van der Waals surface area contributed by atoms with Crippen LogP contribution in [0.2, 0.25) is 0 Å². The second-order valence-corrected chi connectivity index (χ2v) is 7.46. The third-order valence-electron chi connectivity index (χ3n) is 1.76. The van der Waals surface area contributed by atoms with E-state index < -0.39 is 21.4 Å². The first-order valence-corrected chi connectivity index (χ1v) is 7.56. The quantitative estimate of drug-likeness (QED) is 0.536. The first kappa shape index (κ1) is 16.1. The van der Waals surface area contributed by atoms with E-state index in [9.17, 15) is 18.7 Å². The van der Waals surface area contributed by atoms with Crippen molar-refractivity contribution in [3.63, 3.8) is 0 Å². The first-order valence-electron chi connectivity index (χ1n) is 4.45. The Morgan fingerprint density at radius 2 is 1.88 bits per heavy atom. The van der Waals surface area contributed by atoms with Gasteiger partial charge in [0, 0.05) is 14.0 Å². The van der Waals surface area contributed by atoms with Gasteiger partial charge in [-0.3, -0.25) is 18.7 Å². The largest absolute Gasteiger partial charge is 0.359 e. The van der Waals surface area contributed by atoms with Crippen molar-refractivity contribution in [2.75, 3.05) is 12.8 Å². The lowest BCUT2D eigenvalue weighted by Gasteiger charge is -2.39. The summed E-state index contributed by atoms with van der Waals surface area (Å²) >= 11 is 0. The van der Waals surface area contributed by atoms with Crippen molar-refractivity contribution in [2.45, 2.75) is 17.7 Å². The Morgan fingerprint density at radius 3 is 2.25 bits per heavy atom. The van der Waals surface area contributed by atoms with Crippen LogP contribution in [0.15, 0.2) is 0 Å². The molecule has 0 aromatic carbocycles. The normalized spacial score (nSPS) is 16.1. The van der Waals surface area contributed by atoms with E-state index in [-0.39, 0.29) is 17.6 Å². The molecule has 0 spiro atoms. The molecule has 0 bridgehead atoms. The van der Waals surface area contributed by atoms with Gasteiger partial charge in [0.2, 0.25) is 11.8 Å². The molecule has 3 unspecified atom stereocenters. The summed E-state index contributed by atoms with van der Waals surface area (Å²) in [6, 6.07) is 0. The highest BCUT2D eigenvalue weighted by Gasteiger charge is 2.27. The highest BCUT2D eigenvalue weighted by atomic mass is 32.3. The van der Waals surface area contributed by atoms with Crippen molar-refractivity contribution in [1.82, 2.24) is 10.6 Å². The van der Waals surface area contributed by atoms with Gasteiger partial charge in [0.25, 0.3) is 0 Å². The molecule has 0 aliphatic heterocycles. The molecule has 0 aromatic rings. The van der Waals surface area contributed by atoms with Crippen LogP contribution >= 0.6 is 29.1 Å². The maximum atomic E-state index is 11.2. The molecule has 4 N–H and O–H groups in total. The predicted octanol–water partition coefficient (Wildman–Crippen LogP) is 0.0215. The van der Waals surface area contributed by atoms with Crippen LogP contribution in [0.25, 0.3) is 0 Å². The second kappa shape index (κ2) is 6.72. The zero-order chi connectivity index (χ0) is 12.9. The molecule has 0 heterocycles. The lowest BCUT2D eigenvalue weighted by Crippen LogP contribution is -2.38. The Bertz CT molecular complexity index is 277.